The first kappa shape index (κ1) is 20.1. The summed E-state index contributed by atoms with van der Waals surface area (Å²) in [7, 11) is 0. The van der Waals surface area contributed by atoms with E-state index in [1.807, 2.05) is 32.9 Å². The second kappa shape index (κ2) is 9.01. The van der Waals surface area contributed by atoms with Crippen LogP contribution in [0.5, 0.6) is 5.75 Å². The smallest absolute Gasteiger partial charge is 0.262 e. The van der Waals surface area contributed by atoms with Crippen molar-refractivity contribution in [2.24, 2.45) is 0 Å². The van der Waals surface area contributed by atoms with Gasteiger partial charge in [-0.15, -0.1) is 0 Å². The fourth-order valence-corrected chi connectivity index (χ4v) is 2.86. The van der Waals surface area contributed by atoms with Crippen LogP contribution in [-0.4, -0.2) is 23.4 Å². The van der Waals surface area contributed by atoms with Gasteiger partial charge in [0.25, 0.3) is 11.8 Å². The van der Waals surface area contributed by atoms with Crippen molar-refractivity contribution < 1.29 is 14.3 Å². The summed E-state index contributed by atoms with van der Waals surface area (Å²) in [4.78, 5) is 28.8. The van der Waals surface area contributed by atoms with E-state index in [1.165, 1.54) is 6.20 Å². The Hall–Kier alpha value is -3.67. The third kappa shape index (κ3) is 4.99. The van der Waals surface area contributed by atoms with Crippen LogP contribution in [0.4, 0.5) is 11.4 Å². The van der Waals surface area contributed by atoms with Gasteiger partial charge in [0.05, 0.1) is 16.9 Å². The van der Waals surface area contributed by atoms with E-state index >= 15 is 0 Å². The topological polar surface area (TPSA) is 80.3 Å². The number of ether oxygens (including phenoxy) is 1. The number of aryl methyl sites for hydroxylation is 2. The lowest BCUT2D eigenvalue weighted by Crippen LogP contribution is -2.22. The number of para-hydroxylation sites is 2. The van der Waals surface area contributed by atoms with Gasteiger partial charge < -0.3 is 15.4 Å². The van der Waals surface area contributed by atoms with E-state index in [1.54, 1.807) is 42.6 Å². The first-order chi connectivity index (χ1) is 14.0. The Bertz CT molecular complexity index is 1030. The molecule has 148 valence electrons. The molecule has 1 heterocycles. The molecule has 0 fully saturated rings. The van der Waals surface area contributed by atoms with Crippen LogP contribution >= 0.6 is 0 Å². The van der Waals surface area contributed by atoms with Crippen molar-refractivity contribution in [2.75, 3.05) is 17.2 Å². The van der Waals surface area contributed by atoms with Crippen molar-refractivity contribution in [2.45, 2.75) is 20.8 Å². The molecule has 0 radical (unpaired) electrons. The molecule has 0 aliphatic heterocycles. The van der Waals surface area contributed by atoms with Gasteiger partial charge >= 0.3 is 0 Å². The number of aromatic nitrogens is 1. The standard InChI is InChI=1S/C23H23N3O3/c1-15-10-11-16(2)22(17(15)3)29-14-21(27)25-19-8-4-5-9-20(19)26-23(28)18-7-6-12-24-13-18/h4-13H,14H2,1-3H3,(H,25,27)(H,26,28). The number of nitrogens with one attached hydrogen (secondary N) is 2. The molecule has 3 aromatic rings. The number of amides is 2. The molecule has 0 aliphatic rings. The third-order valence-electron chi connectivity index (χ3n) is 4.59. The largest absolute Gasteiger partial charge is 0.483 e. The summed E-state index contributed by atoms with van der Waals surface area (Å²) in [6, 6.07) is 14.4. The fourth-order valence-electron chi connectivity index (χ4n) is 2.86. The normalized spacial score (nSPS) is 10.3. The molecule has 29 heavy (non-hydrogen) atoms. The molecule has 0 saturated heterocycles. The highest BCUT2D eigenvalue weighted by Gasteiger charge is 2.13. The summed E-state index contributed by atoms with van der Waals surface area (Å²) in [5.41, 5.74) is 4.53. The molecule has 0 aliphatic carbocycles. The number of anilines is 2. The summed E-state index contributed by atoms with van der Waals surface area (Å²) in [5.74, 6) is 0.105. The lowest BCUT2D eigenvalue weighted by molar-refractivity contribution is -0.118. The van der Waals surface area contributed by atoms with E-state index in [4.69, 9.17) is 4.74 Å². The van der Waals surface area contributed by atoms with Gasteiger partial charge in [-0.3, -0.25) is 14.6 Å². The molecule has 1 aromatic heterocycles. The summed E-state index contributed by atoms with van der Waals surface area (Å²) >= 11 is 0. The van der Waals surface area contributed by atoms with Crippen molar-refractivity contribution in [3.8, 4) is 5.75 Å². The molecule has 6 heteroatoms. The number of benzene rings is 2. The van der Waals surface area contributed by atoms with Crippen molar-refractivity contribution in [1.82, 2.24) is 4.98 Å². The van der Waals surface area contributed by atoms with Gasteiger partial charge in [-0.1, -0.05) is 24.3 Å². The first-order valence-electron chi connectivity index (χ1n) is 9.25. The first-order valence-corrected chi connectivity index (χ1v) is 9.25. The van der Waals surface area contributed by atoms with Gasteiger partial charge in [-0.25, -0.2) is 0 Å². The zero-order valence-electron chi connectivity index (χ0n) is 16.7. The number of nitrogens with zero attached hydrogens (tertiary/aromatic N) is 1. The molecule has 6 nitrogen and oxygen atoms in total. The van der Waals surface area contributed by atoms with Crippen LogP contribution < -0.4 is 15.4 Å². The lowest BCUT2D eigenvalue weighted by Gasteiger charge is -2.15. The number of hydrogen-bond acceptors (Lipinski definition) is 4. The van der Waals surface area contributed by atoms with Crippen molar-refractivity contribution in [3.63, 3.8) is 0 Å². The Morgan fingerprint density at radius 1 is 0.897 bits per heavy atom. The Morgan fingerprint density at radius 3 is 2.28 bits per heavy atom. The Morgan fingerprint density at radius 2 is 1.59 bits per heavy atom. The van der Waals surface area contributed by atoms with E-state index in [0.717, 1.165) is 22.4 Å². The minimum absolute atomic E-state index is 0.129. The monoisotopic (exact) mass is 389 g/mol. The second-order valence-electron chi connectivity index (χ2n) is 6.73. The highest BCUT2D eigenvalue weighted by atomic mass is 16.5. The van der Waals surface area contributed by atoms with E-state index in [9.17, 15) is 9.59 Å². The molecule has 2 aromatic carbocycles. The Labute approximate surface area is 169 Å². The molecule has 2 amide bonds. The Kier molecular flexibility index (Phi) is 6.24. The number of rotatable bonds is 6. The predicted molar refractivity (Wildman–Crippen MR) is 113 cm³/mol. The summed E-state index contributed by atoms with van der Waals surface area (Å²) in [6.45, 7) is 5.79. The molecule has 0 spiro atoms. The molecule has 2 N–H and O–H groups in total. The maximum Gasteiger partial charge on any atom is 0.262 e. The van der Waals surface area contributed by atoms with Gasteiger partial charge in [-0.05, 0) is 61.7 Å². The maximum atomic E-state index is 12.4. The molecule has 0 bridgehead atoms. The van der Waals surface area contributed by atoms with E-state index in [2.05, 4.69) is 15.6 Å². The quantitative estimate of drug-likeness (QED) is 0.660. The summed E-state index contributed by atoms with van der Waals surface area (Å²) in [6.07, 6.45) is 3.08. The van der Waals surface area contributed by atoms with E-state index < -0.39 is 0 Å². The highest BCUT2D eigenvalue weighted by molar-refractivity contribution is 6.07. The number of carbonyl (C=O) groups is 2. The summed E-state index contributed by atoms with van der Waals surface area (Å²) in [5, 5.41) is 5.59. The molecular formula is C23H23N3O3. The second-order valence-corrected chi connectivity index (χ2v) is 6.73. The van der Waals surface area contributed by atoms with Crippen LogP contribution in [0.2, 0.25) is 0 Å². The molecule has 0 saturated carbocycles. The van der Waals surface area contributed by atoms with Crippen molar-refractivity contribution in [1.29, 1.82) is 0 Å². The molecule has 0 atom stereocenters. The summed E-state index contributed by atoms with van der Waals surface area (Å²) < 4.78 is 5.77. The number of pyridine rings is 1. The van der Waals surface area contributed by atoms with Crippen LogP contribution in [0.1, 0.15) is 27.0 Å². The van der Waals surface area contributed by atoms with Gasteiger partial charge in [-0.2, -0.15) is 0 Å². The van der Waals surface area contributed by atoms with Crippen LogP contribution in [0.15, 0.2) is 60.9 Å². The zero-order valence-corrected chi connectivity index (χ0v) is 16.7. The minimum Gasteiger partial charge on any atom is -0.483 e. The predicted octanol–water partition coefficient (Wildman–Crippen LogP) is 4.28. The van der Waals surface area contributed by atoms with Gasteiger partial charge in [0.2, 0.25) is 0 Å². The lowest BCUT2D eigenvalue weighted by atomic mass is 10.1. The van der Waals surface area contributed by atoms with Crippen LogP contribution in [0.3, 0.4) is 0 Å². The number of hydrogen-bond donors (Lipinski definition) is 2. The van der Waals surface area contributed by atoms with Crippen LogP contribution in [0, 0.1) is 20.8 Å². The molecule has 0 unspecified atom stereocenters. The average molecular weight is 389 g/mol. The van der Waals surface area contributed by atoms with Crippen molar-refractivity contribution in [3.05, 3.63) is 83.2 Å². The fraction of sp³-hybridized carbons (Fsp3) is 0.174. The van der Waals surface area contributed by atoms with Crippen molar-refractivity contribution >= 4 is 23.2 Å². The van der Waals surface area contributed by atoms with Crippen LogP contribution in [-0.2, 0) is 4.79 Å². The highest BCUT2D eigenvalue weighted by Crippen LogP contribution is 2.26. The maximum absolute atomic E-state index is 12.4. The third-order valence-corrected chi connectivity index (χ3v) is 4.59. The van der Waals surface area contributed by atoms with E-state index in [-0.39, 0.29) is 18.4 Å². The van der Waals surface area contributed by atoms with Gasteiger partial charge in [0.15, 0.2) is 6.61 Å². The Balaban J connectivity index is 1.67. The van der Waals surface area contributed by atoms with Crippen LogP contribution in [0.25, 0.3) is 0 Å². The minimum atomic E-state index is -0.312. The van der Waals surface area contributed by atoms with E-state index in [0.29, 0.717) is 16.9 Å². The molecular weight excluding hydrogens is 366 g/mol. The van der Waals surface area contributed by atoms with Gasteiger partial charge in [0.1, 0.15) is 5.75 Å². The molecule has 3 rings (SSSR count). The average Bonchev–Trinajstić information content (AvgIpc) is 2.73. The number of carbonyl (C=O) groups excluding carboxylic acids is 2. The SMILES string of the molecule is Cc1ccc(C)c(OCC(=O)Nc2ccccc2NC(=O)c2cccnc2)c1C. The van der Waals surface area contributed by atoms with Gasteiger partial charge in [0, 0.05) is 12.4 Å². The zero-order chi connectivity index (χ0) is 20.8.